The first-order chi connectivity index (χ1) is 16.4. The normalized spacial score (nSPS) is 20.2. The predicted molar refractivity (Wildman–Crippen MR) is 130 cm³/mol. The number of benzene rings is 1. The third kappa shape index (κ3) is 3.96. The molecule has 1 fully saturated rings. The van der Waals surface area contributed by atoms with Gasteiger partial charge in [0.1, 0.15) is 23.0 Å². The second-order valence-corrected chi connectivity index (χ2v) is 9.25. The van der Waals surface area contributed by atoms with Crippen molar-refractivity contribution in [2.24, 2.45) is 4.99 Å². The average Bonchev–Trinajstić information content (AvgIpc) is 3.12. The van der Waals surface area contributed by atoms with Crippen molar-refractivity contribution < 1.29 is 8.78 Å². The van der Waals surface area contributed by atoms with Crippen molar-refractivity contribution in [2.75, 3.05) is 18.4 Å². The number of aromatic nitrogens is 3. The Labute approximate surface area is 198 Å². The van der Waals surface area contributed by atoms with E-state index in [-0.39, 0.29) is 11.6 Å². The molecular formula is C26H28F2N6. The number of fused-ring (bicyclic) bond motifs is 1. The van der Waals surface area contributed by atoms with Gasteiger partial charge < -0.3 is 10.6 Å². The maximum atomic E-state index is 15.0. The van der Waals surface area contributed by atoms with Crippen LogP contribution in [0.4, 0.5) is 26.2 Å². The summed E-state index contributed by atoms with van der Waals surface area (Å²) in [6.07, 6.45) is 5.92. The average molecular weight is 463 g/mol. The summed E-state index contributed by atoms with van der Waals surface area (Å²) in [4.78, 5) is 17.4. The van der Waals surface area contributed by atoms with E-state index >= 15 is 0 Å². The number of hydrogen-bond donors (Lipinski definition) is 2. The van der Waals surface area contributed by atoms with Crippen LogP contribution < -0.4 is 10.6 Å². The molecule has 2 aromatic heterocycles. The molecule has 176 valence electrons. The first-order valence-electron chi connectivity index (χ1n) is 11.8. The van der Waals surface area contributed by atoms with E-state index in [1.807, 2.05) is 33.0 Å². The van der Waals surface area contributed by atoms with Crippen molar-refractivity contribution in [1.82, 2.24) is 20.3 Å². The van der Waals surface area contributed by atoms with Crippen LogP contribution in [0.5, 0.6) is 0 Å². The Morgan fingerprint density at radius 2 is 1.88 bits per heavy atom. The molecular weight excluding hydrogens is 434 g/mol. The van der Waals surface area contributed by atoms with Gasteiger partial charge in [-0.2, -0.15) is 0 Å². The van der Waals surface area contributed by atoms with Gasteiger partial charge in [-0.15, -0.1) is 0 Å². The lowest BCUT2D eigenvalue weighted by molar-refractivity contribution is 0.459. The number of rotatable bonds is 5. The quantitative estimate of drug-likeness (QED) is 0.501. The van der Waals surface area contributed by atoms with Gasteiger partial charge in [-0.1, -0.05) is 19.9 Å². The monoisotopic (exact) mass is 462 g/mol. The highest BCUT2D eigenvalue weighted by atomic mass is 19.1. The molecule has 1 atom stereocenters. The lowest BCUT2D eigenvalue weighted by Crippen LogP contribution is -2.26. The van der Waals surface area contributed by atoms with E-state index in [2.05, 4.69) is 36.6 Å². The van der Waals surface area contributed by atoms with Crippen molar-refractivity contribution in [1.29, 1.82) is 0 Å². The maximum Gasteiger partial charge on any atom is 0.229 e. The highest BCUT2D eigenvalue weighted by Crippen LogP contribution is 2.45. The topological polar surface area (TPSA) is 75.1 Å². The molecule has 0 spiro atoms. The molecule has 6 nitrogen and oxygen atoms in total. The summed E-state index contributed by atoms with van der Waals surface area (Å²) in [5, 5.41) is 6.41. The molecule has 0 radical (unpaired) electrons. The van der Waals surface area contributed by atoms with E-state index in [0.717, 1.165) is 49.8 Å². The minimum absolute atomic E-state index is 0.0357. The first kappa shape index (κ1) is 22.5. The summed E-state index contributed by atoms with van der Waals surface area (Å²) in [6, 6.07) is 7.02. The molecule has 0 bridgehead atoms. The number of nitrogens with one attached hydrogen (secondary N) is 2. The minimum atomic E-state index is -0.618. The van der Waals surface area contributed by atoms with Gasteiger partial charge in [0.15, 0.2) is 5.82 Å². The minimum Gasteiger partial charge on any atom is -0.317 e. The molecule has 4 heterocycles. The molecule has 5 rings (SSSR count). The zero-order valence-corrected chi connectivity index (χ0v) is 19.6. The van der Waals surface area contributed by atoms with Crippen molar-refractivity contribution in [3.63, 3.8) is 0 Å². The second-order valence-electron chi connectivity index (χ2n) is 9.25. The molecule has 2 aliphatic rings. The van der Waals surface area contributed by atoms with Crippen LogP contribution in [-0.4, -0.2) is 33.8 Å². The molecule has 0 amide bonds. The zero-order chi connectivity index (χ0) is 23.9. The fourth-order valence-electron chi connectivity index (χ4n) is 4.82. The Balaban J connectivity index is 1.43. The van der Waals surface area contributed by atoms with Crippen LogP contribution in [-0.2, 0) is 5.41 Å². The fraction of sp³-hybridized carbons (Fsp3) is 0.385. The van der Waals surface area contributed by atoms with Crippen molar-refractivity contribution in [3.05, 3.63) is 59.4 Å². The third-order valence-electron chi connectivity index (χ3n) is 7.30. The highest BCUT2D eigenvalue weighted by molar-refractivity contribution is 6.00. The van der Waals surface area contributed by atoms with Crippen molar-refractivity contribution in [3.8, 4) is 11.3 Å². The highest BCUT2D eigenvalue weighted by Gasteiger charge is 2.37. The number of aliphatic imine (C=N–C) groups is 1. The van der Waals surface area contributed by atoms with Crippen LogP contribution in [0.2, 0.25) is 0 Å². The van der Waals surface area contributed by atoms with Crippen LogP contribution in [0.1, 0.15) is 57.1 Å². The number of pyridine rings is 1. The standard InChI is InChI=1S/C26H28F2N6/c1-4-26(3)15(2)32-24-19(26)11-18(12-20(24)27)23-21(28)14-31-25(34-23)33-22-6-5-17(13-30-22)16-7-9-29-10-8-16/h5-6,11-14,16,29H,4,7-10H2,1-3H3,(H,30,31,33,34). The number of halogens is 2. The van der Waals surface area contributed by atoms with E-state index in [1.165, 1.54) is 11.6 Å². The molecule has 2 N–H and O–H groups in total. The first-order valence-corrected chi connectivity index (χ1v) is 11.8. The van der Waals surface area contributed by atoms with Gasteiger partial charge in [-0.3, -0.25) is 4.99 Å². The zero-order valence-electron chi connectivity index (χ0n) is 19.6. The Morgan fingerprint density at radius 3 is 2.59 bits per heavy atom. The van der Waals surface area contributed by atoms with E-state index in [1.54, 1.807) is 6.07 Å². The SMILES string of the molecule is CCC1(C)C(C)=Nc2c(F)cc(-c3nc(Nc4ccc(C5CCNCC5)cn4)ncc3F)cc21. The molecule has 34 heavy (non-hydrogen) atoms. The lowest BCUT2D eigenvalue weighted by Gasteiger charge is -2.24. The Bertz CT molecular complexity index is 1250. The lowest BCUT2D eigenvalue weighted by atomic mass is 9.77. The summed E-state index contributed by atoms with van der Waals surface area (Å²) in [7, 11) is 0. The summed E-state index contributed by atoms with van der Waals surface area (Å²) in [5.41, 5.74) is 3.15. The van der Waals surface area contributed by atoms with E-state index in [4.69, 9.17) is 0 Å². The summed E-state index contributed by atoms with van der Waals surface area (Å²) >= 11 is 0. The molecule has 1 saturated heterocycles. The van der Waals surface area contributed by atoms with Crippen LogP contribution in [0.3, 0.4) is 0 Å². The number of piperidine rings is 1. The Kier molecular flexibility index (Phi) is 5.85. The van der Waals surface area contributed by atoms with Gasteiger partial charge in [0.05, 0.1) is 6.20 Å². The largest absolute Gasteiger partial charge is 0.317 e. The maximum absolute atomic E-state index is 15.0. The van der Waals surface area contributed by atoms with Crippen LogP contribution in [0.15, 0.2) is 41.7 Å². The number of anilines is 2. The molecule has 1 unspecified atom stereocenters. The van der Waals surface area contributed by atoms with Gasteiger partial charge in [-0.25, -0.2) is 23.7 Å². The second kappa shape index (κ2) is 8.83. The summed E-state index contributed by atoms with van der Waals surface area (Å²) in [6.45, 7) is 8.00. The van der Waals surface area contributed by atoms with Gasteiger partial charge >= 0.3 is 0 Å². The van der Waals surface area contributed by atoms with Gasteiger partial charge in [0, 0.05) is 22.9 Å². The van der Waals surface area contributed by atoms with Gasteiger partial charge in [0.2, 0.25) is 5.95 Å². The number of hydrogen-bond acceptors (Lipinski definition) is 6. The third-order valence-corrected chi connectivity index (χ3v) is 7.30. The molecule has 8 heteroatoms. The van der Waals surface area contributed by atoms with Gasteiger partial charge in [-0.05, 0) is 74.5 Å². The smallest absolute Gasteiger partial charge is 0.229 e. The van der Waals surface area contributed by atoms with E-state index in [0.29, 0.717) is 23.0 Å². The van der Waals surface area contributed by atoms with E-state index < -0.39 is 17.0 Å². The molecule has 2 aliphatic heterocycles. The summed E-state index contributed by atoms with van der Waals surface area (Å²) < 4.78 is 29.7. The summed E-state index contributed by atoms with van der Waals surface area (Å²) in [5.74, 6) is 0.176. The van der Waals surface area contributed by atoms with Crippen molar-refractivity contribution >= 4 is 23.2 Å². The van der Waals surface area contributed by atoms with Crippen LogP contribution in [0.25, 0.3) is 11.3 Å². The Morgan fingerprint density at radius 1 is 1.09 bits per heavy atom. The molecule has 3 aromatic rings. The fourth-order valence-corrected chi connectivity index (χ4v) is 4.82. The molecule has 1 aromatic carbocycles. The predicted octanol–water partition coefficient (Wildman–Crippen LogP) is 5.80. The molecule has 0 saturated carbocycles. The van der Waals surface area contributed by atoms with Crippen molar-refractivity contribution in [2.45, 2.75) is 51.4 Å². The Hall–Kier alpha value is -3.26. The van der Waals surface area contributed by atoms with Crippen LogP contribution in [0, 0.1) is 11.6 Å². The van der Waals surface area contributed by atoms with Gasteiger partial charge in [0.25, 0.3) is 0 Å². The molecule has 0 aliphatic carbocycles. The number of nitrogens with zero attached hydrogens (tertiary/aromatic N) is 4. The van der Waals surface area contributed by atoms with E-state index in [9.17, 15) is 8.78 Å². The van der Waals surface area contributed by atoms with Crippen LogP contribution >= 0.6 is 0 Å².